The van der Waals surface area contributed by atoms with Gasteiger partial charge in [0.25, 0.3) is 5.19 Å². The van der Waals surface area contributed by atoms with E-state index in [1.54, 1.807) is 4.90 Å². The molecule has 2 aliphatic heterocycles. The minimum atomic E-state index is -3.30. The number of aliphatic hydroxyl groups excluding tert-OH is 1. The van der Waals surface area contributed by atoms with Crippen LogP contribution in [0.2, 0.25) is 0 Å². The second-order valence-electron chi connectivity index (χ2n) is 10.4. The highest BCUT2D eigenvalue weighted by atomic mass is 32.2. The third-order valence-corrected chi connectivity index (χ3v) is 10.6. The van der Waals surface area contributed by atoms with Gasteiger partial charge in [-0.3, -0.25) is 0 Å². The highest BCUT2D eigenvalue weighted by Crippen LogP contribution is 2.33. The molecule has 11 heteroatoms. The Morgan fingerprint density at radius 2 is 1.95 bits per heavy atom. The monoisotopic (exact) mass is 563 g/mol. The predicted molar refractivity (Wildman–Crippen MR) is 148 cm³/mol. The molecule has 3 aliphatic rings. The zero-order valence-corrected chi connectivity index (χ0v) is 23.4. The number of fused-ring (bicyclic) bond motifs is 1. The smallest absolute Gasteiger partial charge is 0.409 e. The molecular weight excluding hydrogens is 526 g/mol. The first-order valence-electron chi connectivity index (χ1n) is 13.7. The first kappa shape index (κ1) is 27.4. The van der Waals surface area contributed by atoms with Crippen LogP contribution in [-0.4, -0.2) is 85.1 Å². The normalized spacial score (nSPS) is 19.8. The summed E-state index contributed by atoms with van der Waals surface area (Å²) in [7, 11) is -3.30. The molecule has 1 aromatic heterocycles. The molecule has 1 aromatic carbocycles. The quantitative estimate of drug-likeness (QED) is 0.430. The molecule has 2 aromatic rings. The standard InChI is InChI=1S/C27H37N3O6S2/c31-16-1-2-17-38(33,34)30-14-8-21(9-15-30)22-6-7-24-25(18-22)37-26(28-24)36-23-10-12-29(13-11-23)27(32)35-19-20-4-3-5-20/h6-8,18,20,23,31H,1-5,9-17,19H2. The molecule has 208 valence electrons. The molecule has 0 unspecified atom stereocenters. The highest BCUT2D eigenvalue weighted by Gasteiger charge is 2.28. The molecule has 0 spiro atoms. The number of carbonyl (C=O) groups excluding carboxylic acids is 1. The van der Waals surface area contributed by atoms with Crippen LogP contribution in [0, 0.1) is 5.92 Å². The zero-order valence-electron chi connectivity index (χ0n) is 21.7. The van der Waals surface area contributed by atoms with Gasteiger partial charge in [-0.1, -0.05) is 29.9 Å². The van der Waals surface area contributed by atoms with Gasteiger partial charge in [0.05, 0.1) is 22.6 Å². The Hall–Kier alpha value is -2.21. The second-order valence-corrected chi connectivity index (χ2v) is 13.5. The summed E-state index contributed by atoms with van der Waals surface area (Å²) in [5.41, 5.74) is 3.11. The van der Waals surface area contributed by atoms with Crippen LogP contribution >= 0.6 is 11.3 Å². The summed E-state index contributed by atoms with van der Waals surface area (Å²) in [5.74, 6) is 0.628. The van der Waals surface area contributed by atoms with Crippen molar-refractivity contribution in [3.05, 3.63) is 29.8 Å². The maximum atomic E-state index is 12.5. The third kappa shape index (κ3) is 6.67. The van der Waals surface area contributed by atoms with Crippen molar-refractivity contribution in [3.63, 3.8) is 0 Å². The molecule has 2 fully saturated rings. The molecule has 1 N–H and O–H groups in total. The van der Waals surface area contributed by atoms with Crippen molar-refractivity contribution in [2.75, 3.05) is 45.1 Å². The number of rotatable bonds is 10. The summed E-state index contributed by atoms with van der Waals surface area (Å²) < 4.78 is 39.3. The fourth-order valence-electron chi connectivity index (χ4n) is 5.08. The van der Waals surface area contributed by atoms with Gasteiger partial charge in [-0.05, 0) is 61.3 Å². The lowest BCUT2D eigenvalue weighted by Gasteiger charge is -2.32. The van der Waals surface area contributed by atoms with Gasteiger partial charge >= 0.3 is 6.09 Å². The van der Waals surface area contributed by atoms with Crippen molar-refractivity contribution in [1.82, 2.24) is 14.2 Å². The van der Waals surface area contributed by atoms with Gasteiger partial charge in [0.15, 0.2) is 0 Å². The van der Waals surface area contributed by atoms with E-state index in [1.165, 1.54) is 34.9 Å². The van der Waals surface area contributed by atoms with Gasteiger partial charge in [-0.25, -0.2) is 18.2 Å². The molecule has 0 radical (unpaired) electrons. The van der Waals surface area contributed by atoms with Crippen LogP contribution in [0.1, 0.15) is 56.9 Å². The summed E-state index contributed by atoms with van der Waals surface area (Å²) in [5, 5.41) is 9.55. The van der Waals surface area contributed by atoms with Crippen molar-refractivity contribution < 1.29 is 27.8 Å². The Kier molecular flexibility index (Phi) is 8.87. The number of hydrogen-bond donors (Lipinski definition) is 1. The van der Waals surface area contributed by atoms with Gasteiger partial charge in [0, 0.05) is 45.6 Å². The van der Waals surface area contributed by atoms with E-state index in [1.807, 2.05) is 18.2 Å². The van der Waals surface area contributed by atoms with Crippen LogP contribution in [-0.2, 0) is 14.8 Å². The lowest BCUT2D eigenvalue weighted by atomic mass is 9.86. The first-order valence-corrected chi connectivity index (χ1v) is 16.1. The van der Waals surface area contributed by atoms with Gasteiger partial charge in [0.2, 0.25) is 10.0 Å². The van der Waals surface area contributed by atoms with Gasteiger partial charge in [-0.15, -0.1) is 0 Å². The average molecular weight is 564 g/mol. The minimum absolute atomic E-state index is 0.0163. The minimum Gasteiger partial charge on any atom is -0.467 e. The van der Waals surface area contributed by atoms with Crippen molar-refractivity contribution in [3.8, 4) is 5.19 Å². The lowest BCUT2D eigenvalue weighted by Crippen LogP contribution is -2.42. The molecule has 1 amide bonds. The number of thiazole rings is 1. The highest BCUT2D eigenvalue weighted by molar-refractivity contribution is 7.89. The number of sulfonamides is 1. The Morgan fingerprint density at radius 3 is 2.63 bits per heavy atom. The molecule has 1 aliphatic carbocycles. The third-order valence-electron chi connectivity index (χ3n) is 7.75. The van der Waals surface area contributed by atoms with Gasteiger partial charge in [-0.2, -0.15) is 4.31 Å². The van der Waals surface area contributed by atoms with Crippen LogP contribution in [0.25, 0.3) is 15.8 Å². The van der Waals surface area contributed by atoms with E-state index >= 15 is 0 Å². The predicted octanol–water partition coefficient (Wildman–Crippen LogP) is 4.27. The molecule has 5 rings (SSSR count). The summed E-state index contributed by atoms with van der Waals surface area (Å²) in [4.78, 5) is 18.8. The van der Waals surface area contributed by atoms with Crippen LogP contribution in [0.5, 0.6) is 5.19 Å². The maximum Gasteiger partial charge on any atom is 0.409 e. The number of likely N-dealkylation sites (tertiary alicyclic amines) is 1. The number of aliphatic hydroxyl groups is 1. The number of piperidine rings is 1. The van der Waals surface area contributed by atoms with E-state index < -0.39 is 10.0 Å². The van der Waals surface area contributed by atoms with E-state index in [0.717, 1.165) is 34.2 Å². The molecule has 38 heavy (non-hydrogen) atoms. The summed E-state index contributed by atoms with van der Waals surface area (Å²) >= 11 is 1.52. The number of carbonyl (C=O) groups is 1. The second kappa shape index (κ2) is 12.3. The lowest BCUT2D eigenvalue weighted by molar-refractivity contribution is 0.0500. The molecule has 1 saturated carbocycles. The summed E-state index contributed by atoms with van der Waals surface area (Å²) in [6.07, 6.45) is 8.55. The fraction of sp³-hybridized carbons (Fsp3) is 0.630. The number of aromatic nitrogens is 1. The number of nitrogens with zero attached hydrogens (tertiary/aromatic N) is 3. The molecule has 1 saturated heterocycles. The van der Waals surface area contributed by atoms with Crippen LogP contribution in [0.15, 0.2) is 24.3 Å². The largest absolute Gasteiger partial charge is 0.467 e. The average Bonchev–Trinajstić information content (AvgIpc) is 3.30. The van der Waals surface area contributed by atoms with Crippen molar-refractivity contribution in [2.24, 2.45) is 5.92 Å². The molecule has 9 nitrogen and oxygen atoms in total. The van der Waals surface area contributed by atoms with E-state index in [2.05, 4.69) is 11.1 Å². The van der Waals surface area contributed by atoms with Crippen molar-refractivity contribution in [2.45, 2.75) is 57.5 Å². The number of ether oxygens (including phenoxy) is 2. The van der Waals surface area contributed by atoms with E-state index in [4.69, 9.17) is 14.6 Å². The summed E-state index contributed by atoms with van der Waals surface area (Å²) in [6.45, 7) is 2.66. The molecule has 0 bridgehead atoms. The first-order chi connectivity index (χ1) is 18.4. The zero-order chi connectivity index (χ0) is 26.5. The Balaban J connectivity index is 1.13. The van der Waals surface area contributed by atoms with E-state index in [9.17, 15) is 13.2 Å². The summed E-state index contributed by atoms with van der Waals surface area (Å²) in [6, 6.07) is 6.14. The topological polar surface area (TPSA) is 109 Å². The van der Waals surface area contributed by atoms with E-state index in [0.29, 0.717) is 63.2 Å². The number of hydrogen-bond acceptors (Lipinski definition) is 8. The Bertz CT molecular complexity index is 1250. The number of unbranched alkanes of at least 4 members (excludes halogenated alkanes) is 1. The molecular formula is C27H37N3O6S2. The number of amides is 1. The molecule has 0 atom stereocenters. The van der Waals surface area contributed by atoms with Crippen LogP contribution < -0.4 is 4.74 Å². The SMILES string of the molecule is O=C(OCC1CCC1)N1CCC(Oc2nc3ccc(C4=CCN(S(=O)(=O)CCCCO)CC4)cc3s2)CC1. The maximum absolute atomic E-state index is 12.5. The molecule has 3 heterocycles. The van der Waals surface area contributed by atoms with Gasteiger partial charge in [0.1, 0.15) is 6.10 Å². The Labute approximate surface area is 228 Å². The van der Waals surface area contributed by atoms with Crippen LogP contribution in [0.3, 0.4) is 0 Å². The Morgan fingerprint density at radius 1 is 1.13 bits per heavy atom. The van der Waals surface area contributed by atoms with Gasteiger partial charge < -0.3 is 19.5 Å². The van der Waals surface area contributed by atoms with Crippen molar-refractivity contribution >= 4 is 43.2 Å². The number of benzene rings is 1. The van der Waals surface area contributed by atoms with E-state index in [-0.39, 0.29) is 24.6 Å². The van der Waals surface area contributed by atoms with Crippen LogP contribution in [0.4, 0.5) is 4.79 Å². The fourth-order valence-corrected chi connectivity index (χ4v) is 7.50. The van der Waals surface area contributed by atoms with Crippen molar-refractivity contribution in [1.29, 1.82) is 0 Å².